The van der Waals surface area contributed by atoms with Gasteiger partial charge in [-0.3, -0.25) is 9.78 Å². The van der Waals surface area contributed by atoms with Crippen LogP contribution in [0.5, 0.6) is 0 Å². The molecule has 0 amide bonds. The van der Waals surface area contributed by atoms with Crippen LogP contribution in [0.4, 0.5) is 8.78 Å². The highest BCUT2D eigenvalue weighted by Gasteiger charge is 2.12. The van der Waals surface area contributed by atoms with Crippen molar-refractivity contribution in [3.05, 3.63) is 64.4 Å². The summed E-state index contributed by atoms with van der Waals surface area (Å²) in [6, 6.07) is 4.70. The SMILES string of the molecule is O=C(c1cncc(F)c1)c1ccc(Cl)c(F)c1. The van der Waals surface area contributed by atoms with Gasteiger partial charge in [0, 0.05) is 17.3 Å². The van der Waals surface area contributed by atoms with E-state index in [2.05, 4.69) is 4.98 Å². The highest BCUT2D eigenvalue weighted by Crippen LogP contribution is 2.18. The minimum atomic E-state index is -0.693. The molecule has 0 fully saturated rings. The van der Waals surface area contributed by atoms with Crippen LogP contribution in [0.25, 0.3) is 0 Å². The lowest BCUT2D eigenvalue weighted by Crippen LogP contribution is -2.03. The first kappa shape index (κ1) is 11.7. The van der Waals surface area contributed by atoms with Gasteiger partial charge < -0.3 is 0 Å². The van der Waals surface area contributed by atoms with Gasteiger partial charge >= 0.3 is 0 Å². The van der Waals surface area contributed by atoms with Crippen LogP contribution in [0, 0.1) is 11.6 Å². The second-order valence-corrected chi connectivity index (χ2v) is 3.76. The Morgan fingerprint density at radius 3 is 2.53 bits per heavy atom. The van der Waals surface area contributed by atoms with E-state index in [-0.39, 0.29) is 16.1 Å². The number of rotatable bonds is 2. The second kappa shape index (κ2) is 4.59. The van der Waals surface area contributed by atoms with Crippen molar-refractivity contribution in [3.8, 4) is 0 Å². The quantitative estimate of drug-likeness (QED) is 0.769. The third-order valence-corrected chi connectivity index (χ3v) is 2.46. The van der Waals surface area contributed by atoms with Gasteiger partial charge in [-0.2, -0.15) is 0 Å². The van der Waals surface area contributed by atoms with Gasteiger partial charge in [-0.05, 0) is 24.3 Å². The van der Waals surface area contributed by atoms with Gasteiger partial charge in [0.1, 0.15) is 11.6 Å². The summed E-state index contributed by atoms with van der Waals surface area (Å²) in [5, 5.41) is -0.0704. The Balaban J connectivity index is 2.40. The van der Waals surface area contributed by atoms with Crippen LogP contribution in [-0.4, -0.2) is 10.8 Å². The maximum atomic E-state index is 13.2. The number of ketones is 1. The molecule has 1 aromatic carbocycles. The number of nitrogens with zero attached hydrogens (tertiary/aromatic N) is 1. The standard InChI is InChI=1S/C12H6ClF2NO/c13-10-2-1-7(4-11(10)15)12(17)8-3-9(14)6-16-5-8/h1-6H. The lowest BCUT2D eigenvalue weighted by molar-refractivity contribution is 0.103. The first-order valence-electron chi connectivity index (χ1n) is 4.68. The van der Waals surface area contributed by atoms with E-state index in [1.54, 1.807) is 0 Å². The molecule has 0 aliphatic rings. The number of pyridine rings is 1. The van der Waals surface area contributed by atoms with E-state index >= 15 is 0 Å². The molecule has 2 aromatic rings. The van der Waals surface area contributed by atoms with Gasteiger partial charge in [0.2, 0.25) is 0 Å². The third kappa shape index (κ3) is 2.47. The molecule has 0 spiro atoms. The Morgan fingerprint density at radius 1 is 1.12 bits per heavy atom. The molecular formula is C12H6ClF2NO. The number of carbonyl (C=O) groups is 1. The van der Waals surface area contributed by atoms with Gasteiger partial charge in [0.05, 0.1) is 11.2 Å². The molecule has 1 aromatic heterocycles. The zero-order valence-electron chi connectivity index (χ0n) is 8.45. The summed E-state index contributed by atoms with van der Waals surface area (Å²) in [7, 11) is 0. The van der Waals surface area contributed by atoms with E-state index in [0.717, 1.165) is 18.3 Å². The van der Waals surface area contributed by atoms with Gasteiger partial charge in [-0.1, -0.05) is 11.6 Å². The lowest BCUT2D eigenvalue weighted by atomic mass is 10.1. The molecule has 0 saturated carbocycles. The van der Waals surface area contributed by atoms with E-state index in [9.17, 15) is 13.6 Å². The predicted molar refractivity (Wildman–Crippen MR) is 59.0 cm³/mol. The van der Waals surface area contributed by atoms with Crippen molar-refractivity contribution in [2.75, 3.05) is 0 Å². The summed E-state index contributed by atoms with van der Waals surface area (Å²) in [6.07, 6.45) is 2.21. The summed E-state index contributed by atoms with van der Waals surface area (Å²) < 4.78 is 26.0. The Labute approximate surface area is 101 Å². The van der Waals surface area contributed by atoms with Crippen molar-refractivity contribution in [2.45, 2.75) is 0 Å². The summed E-state index contributed by atoms with van der Waals surface area (Å²) in [4.78, 5) is 15.4. The van der Waals surface area contributed by atoms with Crippen molar-refractivity contribution in [3.63, 3.8) is 0 Å². The van der Waals surface area contributed by atoms with Crippen molar-refractivity contribution >= 4 is 17.4 Å². The van der Waals surface area contributed by atoms with Crippen molar-refractivity contribution < 1.29 is 13.6 Å². The van der Waals surface area contributed by atoms with Crippen LogP contribution in [0.3, 0.4) is 0 Å². The van der Waals surface area contributed by atoms with Gasteiger partial charge in [0.25, 0.3) is 0 Å². The number of benzene rings is 1. The van der Waals surface area contributed by atoms with Crippen molar-refractivity contribution in [1.82, 2.24) is 4.98 Å². The fraction of sp³-hybridized carbons (Fsp3) is 0. The molecule has 5 heteroatoms. The molecule has 0 aliphatic heterocycles. The first-order valence-corrected chi connectivity index (χ1v) is 5.06. The summed E-state index contributed by atoms with van der Waals surface area (Å²) >= 11 is 5.50. The average molecular weight is 254 g/mol. The number of aromatic nitrogens is 1. The van der Waals surface area contributed by atoms with Crippen LogP contribution in [0.15, 0.2) is 36.7 Å². The van der Waals surface area contributed by atoms with Crippen LogP contribution >= 0.6 is 11.6 Å². The van der Waals surface area contributed by atoms with Crippen molar-refractivity contribution in [1.29, 1.82) is 0 Å². The lowest BCUT2D eigenvalue weighted by Gasteiger charge is -2.02. The normalized spacial score (nSPS) is 10.3. The fourth-order valence-corrected chi connectivity index (χ4v) is 1.46. The van der Waals surface area contributed by atoms with Crippen LogP contribution in [0.1, 0.15) is 15.9 Å². The van der Waals surface area contributed by atoms with E-state index in [0.29, 0.717) is 0 Å². The molecule has 0 aliphatic carbocycles. The van der Waals surface area contributed by atoms with E-state index < -0.39 is 17.4 Å². The smallest absolute Gasteiger partial charge is 0.194 e. The maximum Gasteiger partial charge on any atom is 0.194 e. The predicted octanol–water partition coefficient (Wildman–Crippen LogP) is 3.24. The Hall–Kier alpha value is -1.81. The second-order valence-electron chi connectivity index (χ2n) is 3.35. The largest absolute Gasteiger partial charge is 0.289 e. The van der Waals surface area contributed by atoms with E-state index in [4.69, 9.17) is 11.6 Å². The molecule has 0 atom stereocenters. The molecule has 0 radical (unpaired) electrons. The monoisotopic (exact) mass is 253 g/mol. The Kier molecular flexibility index (Phi) is 3.15. The summed E-state index contributed by atoms with van der Waals surface area (Å²) in [5.41, 5.74) is 0.158. The number of hydrogen-bond donors (Lipinski definition) is 0. The first-order chi connectivity index (χ1) is 8.08. The van der Waals surface area contributed by atoms with Crippen molar-refractivity contribution in [2.24, 2.45) is 0 Å². The number of carbonyl (C=O) groups excluding carboxylic acids is 1. The molecular weight excluding hydrogens is 248 g/mol. The molecule has 2 nitrogen and oxygen atoms in total. The highest BCUT2D eigenvalue weighted by molar-refractivity contribution is 6.30. The fourth-order valence-electron chi connectivity index (χ4n) is 1.34. The number of halogens is 3. The van der Waals surface area contributed by atoms with E-state index in [1.807, 2.05) is 0 Å². The minimum absolute atomic E-state index is 0.0618. The molecule has 1 heterocycles. The molecule has 0 saturated heterocycles. The minimum Gasteiger partial charge on any atom is -0.289 e. The molecule has 0 N–H and O–H groups in total. The van der Waals surface area contributed by atoms with Crippen LogP contribution in [-0.2, 0) is 0 Å². The topological polar surface area (TPSA) is 30.0 Å². The van der Waals surface area contributed by atoms with Crippen LogP contribution in [0.2, 0.25) is 5.02 Å². The van der Waals surface area contributed by atoms with Crippen LogP contribution < -0.4 is 0 Å². The summed E-state index contributed by atoms with van der Waals surface area (Å²) in [6.45, 7) is 0. The molecule has 0 unspecified atom stereocenters. The molecule has 86 valence electrons. The molecule has 17 heavy (non-hydrogen) atoms. The van der Waals surface area contributed by atoms with E-state index in [1.165, 1.54) is 18.3 Å². The molecule has 2 rings (SSSR count). The molecule has 0 bridgehead atoms. The Bertz CT molecular complexity index is 586. The summed E-state index contributed by atoms with van der Waals surface area (Å²) in [5.74, 6) is -1.82. The number of hydrogen-bond acceptors (Lipinski definition) is 2. The van der Waals surface area contributed by atoms with Gasteiger partial charge in [-0.25, -0.2) is 8.78 Å². The van der Waals surface area contributed by atoms with Gasteiger partial charge in [-0.15, -0.1) is 0 Å². The maximum absolute atomic E-state index is 13.2. The zero-order valence-corrected chi connectivity index (χ0v) is 9.21. The zero-order chi connectivity index (χ0) is 12.4. The van der Waals surface area contributed by atoms with Gasteiger partial charge in [0.15, 0.2) is 5.78 Å². The average Bonchev–Trinajstić information content (AvgIpc) is 2.32. The highest BCUT2D eigenvalue weighted by atomic mass is 35.5. The Morgan fingerprint density at radius 2 is 1.88 bits per heavy atom. The third-order valence-electron chi connectivity index (χ3n) is 2.15.